The van der Waals surface area contributed by atoms with E-state index in [4.69, 9.17) is 56.8 Å². The van der Waals surface area contributed by atoms with Crippen molar-refractivity contribution in [2.45, 2.75) is 0 Å². The van der Waals surface area contributed by atoms with Crippen molar-refractivity contribution in [3.8, 4) is 0 Å². The number of esters is 1. The molecule has 0 rings (SSSR count). The van der Waals surface area contributed by atoms with E-state index < -0.39 is 5.97 Å². The number of hydrogen-bond acceptors (Lipinski definition) is 14. The van der Waals surface area contributed by atoms with Gasteiger partial charge in [0.15, 0.2) is 0 Å². The highest BCUT2D eigenvalue weighted by atomic mass is 16.6. The highest BCUT2D eigenvalue weighted by Gasteiger charge is 1.97. The standard InChI is InChI=1S/C28H55NO13/c1-3-28(30)42-27-26-41-25-24-40-23-22-39-21-20-38-19-18-37-17-16-36-15-14-35-13-12-34-11-10-33-9-8-32-7-6-31-5-4-29-2/h3,29H,1,4-27H2,2H3. The van der Waals surface area contributed by atoms with Crippen LogP contribution in [0.3, 0.4) is 0 Å². The third-order valence-electron chi connectivity index (χ3n) is 4.86. The molecular formula is C28H55NO13. The van der Waals surface area contributed by atoms with E-state index in [9.17, 15) is 4.79 Å². The average molecular weight is 614 g/mol. The van der Waals surface area contributed by atoms with Crippen LogP contribution in [-0.4, -0.2) is 172 Å². The van der Waals surface area contributed by atoms with Gasteiger partial charge in [-0.05, 0) is 7.05 Å². The molecule has 0 fully saturated rings. The minimum Gasteiger partial charge on any atom is -0.460 e. The molecule has 250 valence electrons. The predicted octanol–water partition coefficient (Wildman–Crippen LogP) is 0.118. The lowest BCUT2D eigenvalue weighted by Gasteiger charge is -2.09. The van der Waals surface area contributed by atoms with E-state index in [0.29, 0.717) is 145 Å². The maximum absolute atomic E-state index is 10.8. The summed E-state index contributed by atoms with van der Waals surface area (Å²) in [6, 6.07) is 0. The first kappa shape index (κ1) is 40.7. The minimum absolute atomic E-state index is 0.199. The predicted molar refractivity (Wildman–Crippen MR) is 154 cm³/mol. The second-order valence-electron chi connectivity index (χ2n) is 8.21. The number of rotatable bonds is 37. The summed E-state index contributed by atoms with van der Waals surface area (Å²) in [7, 11) is 1.89. The number of hydrogen-bond donors (Lipinski definition) is 1. The van der Waals surface area contributed by atoms with Gasteiger partial charge in [0.05, 0.1) is 145 Å². The zero-order valence-corrected chi connectivity index (χ0v) is 25.6. The maximum Gasteiger partial charge on any atom is 0.330 e. The van der Waals surface area contributed by atoms with Crippen molar-refractivity contribution in [2.24, 2.45) is 0 Å². The van der Waals surface area contributed by atoms with E-state index in [-0.39, 0.29) is 6.61 Å². The second-order valence-corrected chi connectivity index (χ2v) is 8.21. The number of ether oxygens (including phenoxy) is 12. The highest BCUT2D eigenvalue weighted by molar-refractivity contribution is 5.81. The van der Waals surface area contributed by atoms with Gasteiger partial charge in [0.2, 0.25) is 0 Å². The van der Waals surface area contributed by atoms with Crippen LogP contribution < -0.4 is 5.32 Å². The summed E-state index contributed by atoms with van der Waals surface area (Å²) >= 11 is 0. The fourth-order valence-electron chi connectivity index (χ4n) is 2.74. The van der Waals surface area contributed by atoms with Gasteiger partial charge in [0, 0.05) is 12.6 Å². The van der Waals surface area contributed by atoms with Crippen LogP contribution >= 0.6 is 0 Å². The lowest BCUT2D eigenvalue weighted by Crippen LogP contribution is -2.17. The quantitative estimate of drug-likeness (QED) is 0.0576. The highest BCUT2D eigenvalue weighted by Crippen LogP contribution is 1.87. The molecule has 0 aromatic heterocycles. The van der Waals surface area contributed by atoms with Crippen molar-refractivity contribution < 1.29 is 61.6 Å². The average Bonchev–Trinajstić information content (AvgIpc) is 3.00. The van der Waals surface area contributed by atoms with Gasteiger partial charge >= 0.3 is 5.97 Å². The molecule has 0 spiro atoms. The monoisotopic (exact) mass is 613 g/mol. The van der Waals surface area contributed by atoms with Crippen LogP contribution in [0, 0.1) is 0 Å². The summed E-state index contributed by atoms with van der Waals surface area (Å²) in [5.41, 5.74) is 0. The topological polar surface area (TPSA) is 140 Å². The van der Waals surface area contributed by atoms with Crippen molar-refractivity contribution in [1.29, 1.82) is 0 Å². The summed E-state index contributed by atoms with van der Waals surface area (Å²) in [6.07, 6.45) is 1.11. The fourth-order valence-corrected chi connectivity index (χ4v) is 2.74. The Morgan fingerprint density at radius 3 is 0.857 bits per heavy atom. The summed E-state index contributed by atoms with van der Waals surface area (Å²) in [4.78, 5) is 10.8. The third kappa shape index (κ3) is 36.8. The van der Waals surface area contributed by atoms with Crippen LogP contribution in [0.5, 0.6) is 0 Å². The van der Waals surface area contributed by atoms with Crippen molar-refractivity contribution in [3.63, 3.8) is 0 Å². The van der Waals surface area contributed by atoms with E-state index in [0.717, 1.165) is 12.6 Å². The molecule has 0 heterocycles. The third-order valence-corrected chi connectivity index (χ3v) is 4.86. The van der Waals surface area contributed by atoms with E-state index in [1.165, 1.54) is 0 Å². The van der Waals surface area contributed by atoms with Crippen molar-refractivity contribution in [2.75, 3.05) is 166 Å². The van der Waals surface area contributed by atoms with Crippen LogP contribution in [0.15, 0.2) is 12.7 Å². The molecule has 42 heavy (non-hydrogen) atoms. The van der Waals surface area contributed by atoms with Crippen LogP contribution in [0.2, 0.25) is 0 Å². The Kier molecular flexibility index (Phi) is 36.6. The summed E-state index contributed by atoms with van der Waals surface area (Å²) in [6.45, 7) is 15.5. The molecule has 0 atom stereocenters. The molecule has 0 amide bonds. The van der Waals surface area contributed by atoms with Crippen LogP contribution in [0.4, 0.5) is 0 Å². The van der Waals surface area contributed by atoms with Gasteiger partial charge in [0.25, 0.3) is 0 Å². The summed E-state index contributed by atoms with van der Waals surface area (Å²) < 4.78 is 64.3. The molecule has 0 bridgehead atoms. The first-order valence-electron chi connectivity index (χ1n) is 14.6. The Morgan fingerprint density at radius 2 is 0.643 bits per heavy atom. The first-order chi connectivity index (χ1) is 20.8. The zero-order chi connectivity index (χ0) is 30.4. The normalized spacial score (nSPS) is 11.3. The lowest BCUT2D eigenvalue weighted by atomic mass is 10.6. The molecule has 0 aliphatic rings. The molecular weight excluding hydrogens is 558 g/mol. The smallest absolute Gasteiger partial charge is 0.330 e. The summed E-state index contributed by atoms with van der Waals surface area (Å²) in [5, 5.41) is 3.01. The molecule has 0 aromatic rings. The van der Waals surface area contributed by atoms with Gasteiger partial charge < -0.3 is 62.2 Å². The molecule has 14 heteroatoms. The van der Waals surface area contributed by atoms with E-state index in [2.05, 4.69) is 11.9 Å². The molecule has 0 aliphatic carbocycles. The number of likely N-dealkylation sites (N-methyl/N-ethyl adjacent to an activating group) is 1. The van der Waals surface area contributed by atoms with Crippen LogP contribution in [-0.2, 0) is 61.6 Å². The number of nitrogens with one attached hydrogen (secondary N) is 1. The molecule has 0 aromatic carbocycles. The van der Waals surface area contributed by atoms with E-state index >= 15 is 0 Å². The summed E-state index contributed by atoms with van der Waals surface area (Å²) in [5.74, 6) is -0.459. The van der Waals surface area contributed by atoms with E-state index in [1.807, 2.05) is 7.05 Å². The van der Waals surface area contributed by atoms with Gasteiger partial charge in [-0.25, -0.2) is 4.79 Å². The van der Waals surface area contributed by atoms with Gasteiger partial charge in [-0.15, -0.1) is 0 Å². The molecule has 0 saturated carbocycles. The first-order valence-corrected chi connectivity index (χ1v) is 14.6. The largest absolute Gasteiger partial charge is 0.460 e. The SMILES string of the molecule is C=CC(=O)OCCOCCOCCOCCOCCOCCOCCOCCOCCOCCOCCOCCNC. The maximum atomic E-state index is 10.8. The Hall–Kier alpha value is -1.27. The minimum atomic E-state index is -0.459. The van der Waals surface area contributed by atoms with Crippen molar-refractivity contribution >= 4 is 5.97 Å². The number of carbonyl (C=O) groups excluding carboxylic acids is 1. The molecule has 0 unspecified atom stereocenters. The molecule has 14 nitrogen and oxygen atoms in total. The fraction of sp³-hybridized carbons (Fsp3) is 0.893. The van der Waals surface area contributed by atoms with Gasteiger partial charge in [-0.3, -0.25) is 0 Å². The second kappa shape index (κ2) is 37.8. The lowest BCUT2D eigenvalue weighted by molar-refractivity contribution is -0.139. The van der Waals surface area contributed by atoms with Gasteiger partial charge in [-0.1, -0.05) is 6.58 Å². The Labute approximate surface area is 251 Å². The Morgan fingerprint density at radius 1 is 0.429 bits per heavy atom. The van der Waals surface area contributed by atoms with Crippen LogP contribution in [0.25, 0.3) is 0 Å². The van der Waals surface area contributed by atoms with Gasteiger partial charge in [-0.2, -0.15) is 0 Å². The van der Waals surface area contributed by atoms with Gasteiger partial charge in [0.1, 0.15) is 6.61 Å². The molecule has 0 radical (unpaired) electrons. The van der Waals surface area contributed by atoms with Crippen molar-refractivity contribution in [1.82, 2.24) is 5.32 Å². The molecule has 0 saturated heterocycles. The van der Waals surface area contributed by atoms with Crippen LogP contribution in [0.1, 0.15) is 0 Å². The molecule has 1 N–H and O–H groups in total. The zero-order valence-electron chi connectivity index (χ0n) is 25.6. The Balaban J connectivity index is 3.04. The molecule has 0 aliphatic heterocycles. The van der Waals surface area contributed by atoms with Crippen molar-refractivity contribution in [3.05, 3.63) is 12.7 Å². The number of carbonyl (C=O) groups is 1. The van der Waals surface area contributed by atoms with E-state index in [1.54, 1.807) is 0 Å². The Bertz CT molecular complexity index is 546.